The molecule has 0 fully saturated rings. The molecule has 0 bridgehead atoms. The first-order valence-corrected chi connectivity index (χ1v) is 7.50. The van der Waals surface area contributed by atoms with E-state index in [4.69, 9.17) is 0 Å². The normalized spacial score (nSPS) is 19.4. The zero-order chi connectivity index (χ0) is 9.64. The number of hydrogen-bond acceptors (Lipinski definition) is 8. The molecule has 2 heterocycles. The van der Waals surface area contributed by atoms with Crippen molar-refractivity contribution in [2.45, 2.75) is 0 Å². The van der Waals surface area contributed by atoms with Gasteiger partial charge < -0.3 is 0 Å². The number of nitrogens with one attached hydrogen (secondary N) is 2. The third kappa shape index (κ3) is 3.19. The Morgan fingerprint density at radius 3 is 1.79 bits per heavy atom. The van der Waals surface area contributed by atoms with Gasteiger partial charge in [-0.2, -0.15) is 10.2 Å². The highest BCUT2D eigenvalue weighted by Gasteiger charge is 2.05. The number of hydrogen-bond donors (Lipinski definition) is 2. The second-order valence-corrected chi connectivity index (χ2v) is 5.64. The largest absolute Gasteiger partial charge is 0.247 e. The molecule has 2 aliphatic rings. The van der Waals surface area contributed by atoms with Crippen molar-refractivity contribution in [2.24, 2.45) is 10.2 Å². The Kier molecular flexibility index (Phi) is 4.17. The monoisotopic (exact) mass is 262 g/mol. The minimum atomic E-state index is 0.947. The molecule has 74 valence electrons. The van der Waals surface area contributed by atoms with Crippen molar-refractivity contribution in [1.82, 2.24) is 9.66 Å². The fraction of sp³-hybridized carbons (Fsp3) is 0. The summed E-state index contributed by atoms with van der Waals surface area (Å²) in [6.07, 6.45) is 3.93. The Labute approximate surface area is 98.2 Å². The summed E-state index contributed by atoms with van der Waals surface area (Å²) in [4.78, 5) is 5.66. The van der Waals surface area contributed by atoms with E-state index in [0.717, 1.165) is 10.1 Å². The quantitative estimate of drug-likeness (QED) is 0.517. The van der Waals surface area contributed by atoms with E-state index in [0.29, 0.717) is 0 Å². The Morgan fingerprint density at radius 1 is 0.929 bits per heavy atom. The highest BCUT2D eigenvalue weighted by atomic mass is 33.1. The molecule has 0 spiro atoms. The van der Waals surface area contributed by atoms with Gasteiger partial charge in [0.2, 0.25) is 0 Å². The van der Waals surface area contributed by atoms with Gasteiger partial charge in [-0.15, -0.1) is 0 Å². The van der Waals surface area contributed by atoms with Crippen molar-refractivity contribution in [3.63, 3.8) is 0 Å². The minimum Gasteiger partial charge on any atom is -0.247 e. The van der Waals surface area contributed by atoms with E-state index < -0.39 is 0 Å². The fourth-order valence-corrected chi connectivity index (χ4v) is 3.40. The molecule has 8 heteroatoms. The molecule has 2 aliphatic heterocycles. The minimum absolute atomic E-state index is 0.947. The van der Waals surface area contributed by atoms with E-state index in [1.54, 1.807) is 21.6 Å². The lowest BCUT2D eigenvalue weighted by Crippen LogP contribution is -2.02. The smallest absolute Gasteiger partial charge is 0.128 e. The molecule has 0 amide bonds. The van der Waals surface area contributed by atoms with Crippen LogP contribution in [0.1, 0.15) is 0 Å². The van der Waals surface area contributed by atoms with E-state index >= 15 is 0 Å². The van der Waals surface area contributed by atoms with Crippen molar-refractivity contribution < 1.29 is 0 Å². The van der Waals surface area contributed by atoms with Crippen LogP contribution in [-0.2, 0) is 0 Å². The molecule has 0 aromatic rings. The summed E-state index contributed by atoms with van der Waals surface area (Å²) in [5, 5.41) is 14.0. The van der Waals surface area contributed by atoms with E-state index in [2.05, 4.69) is 19.9 Å². The van der Waals surface area contributed by atoms with Gasteiger partial charge in [-0.3, -0.25) is 0 Å². The highest BCUT2D eigenvalue weighted by Crippen LogP contribution is 2.28. The van der Waals surface area contributed by atoms with Crippen LogP contribution in [-0.4, -0.2) is 10.1 Å². The third-order valence-corrected chi connectivity index (χ3v) is 4.28. The molecule has 2 N–H and O–H groups in total. The fourth-order valence-electron chi connectivity index (χ4n) is 0.641. The van der Waals surface area contributed by atoms with Crippen LogP contribution in [0.2, 0.25) is 0 Å². The van der Waals surface area contributed by atoms with Crippen LogP contribution in [0.15, 0.2) is 33.2 Å². The van der Waals surface area contributed by atoms with Gasteiger partial charge in [-0.05, 0) is 68.5 Å². The van der Waals surface area contributed by atoms with Gasteiger partial charge in [0, 0.05) is 0 Å². The summed E-state index contributed by atoms with van der Waals surface area (Å²) in [5.41, 5.74) is 0. The topological polar surface area (TPSA) is 48.8 Å². The van der Waals surface area contributed by atoms with Gasteiger partial charge in [-0.1, -0.05) is 0 Å². The Morgan fingerprint density at radius 2 is 1.43 bits per heavy atom. The molecule has 4 nitrogen and oxygen atoms in total. The summed E-state index contributed by atoms with van der Waals surface area (Å²) in [6.45, 7) is 0. The Bertz CT molecular complexity index is 290. The first-order chi connectivity index (χ1) is 6.95. The maximum Gasteiger partial charge on any atom is 0.128 e. The van der Waals surface area contributed by atoms with Gasteiger partial charge in [-0.25, -0.2) is 9.66 Å². The predicted octanol–water partition coefficient (Wildman–Crippen LogP) is 2.53. The van der Waals surface area contributed by atoms with Crippen LogP contribution in [0.3, 0.4) is 0 Å². The van der Waals surface area contributed by atoms with Gasteiger partial charge in [0.25, 0.3) is 0 Å². The van der Waals surface area contributed by atoms with Gasteiger partial charge in [0.15, 0.2) is 0 Å². The van der Waals surface area contributed by atoms with E-state index in [-0.39, 0.29) is 0 Å². The maximum atomic E-state index is 4.09. The van der Waals surface area contributed by atoms with Crippen molar-refractivity contribution in [3.8, 4) is 0 Å². The van der Waals surface area contributed by atoms with Crippen LogP contribution in [0.4, 0.5) is 0 Å². The molecular weight excluding hydrogens is 256 g/mol. The number of nitrogens with zero attached hydrogens (tertiary/aromatic N) is 2. The van der Waals surface area contributed by atoms with Gasteiger partial charge in [0.1, 0.15) is 10.1 Å². The van der Waals surface area contributed by atoms with Gasteiger partial charge >= 0.3 is 0 Å². The van der Waals surface area contributed by atoms with Crippen LogP contribution in [0.5, 0.6) is 0 Å². The SMILES string of the molecule is C1=CC(SSC2=NNSC=C2)=NNS1. The molecule has 0 atom stereocenters. The van der Waals surface area contributed by atoms with Crippen LogP contribution >= 0.6 is 45.5 Å². The third-order valence-electron chi connectivity index (χ3n) is 1.19. The molecule has 0 saturated heterocycles. The van der Waals surface area contributed by atoms with Crippen LogP contribution in [0, 0.1) is 0 Å². The first-order valence-electron chi connectivity index (χ1n) is 3.59. The standard InChI is InChI=1S/C6H6N4S4/c1-3-11-9-7-5(1)13-14-6-2-4-12-10-8-6/h1-4,9-10H. The average molecular weight is 262 g/mol. The summed E-state index contributed by atoms with van der Waals surface area (Å²) >= 11 is 2.92. The molecular formula is C6H6N4S4. The lowest BCUT2D eigenvalue weighted by Gasteiger charge is -2.07. The second-order valence-electron chi connectivity index (χ2n) is 2.09. The molecule has 2 rings (SSSR count). The zero-order valence-corrected chi connectivity index (χ0v) is 10.1. The molecule has 0 unspecified atom stereocenters. The first kappa shape index (κ1) is 10.3. The highest BCUT2D eigenvalue weighted by molar-refractivity contribution is 8.87. The summed E-state index contributed by atoms with van der Waals surface area (Å²) < 4.78 is 0. The summed E-state index contributed by atoms with van der Waals surface area (Å²) in [7, 11) is 3.15. The molecule has 0 aromatic heterocycles. The van der Waals surface area contributed by atoms with Crippen molar-refractivity contribution in [3.05, 3.63) is 23.0 Å². The molecule has 14 heavy (non-hydrogen) atoms. The van der Waals surface area contributed by atoms with E-state index in [1.807, 2.05) is 23.0 Å². The number of rotatable bonds is 0. The predicted molar refractivity (Wildman–Crippen MR) is 69.8 cm³/mol. The molecule has 0 saturated carbocycles. The van der Waals surface area contributed by atoms with Crippen LogP contribution < -0.4 is 9.66 Å². The van der Waals surface area contributed by atoms with E-state index in [9.17, 15) is 0 Å². The Hall–Kier alpha value is -0.180. The van der Waals surface area contributed by atoms with E-state index in [1.165, 1.54) is 23.9 Å². The lowest BCUT2D eigenvalue weighted by atomic mass is 10.7. The second kappa shape index (κ2) is 5.64. The molecule has 0 aliphatic carbocycles. The molecule has 0 radical (unpaired) electrons. The lowest BCUT2D eigenvalue weighted by molar-refractivity contribution is 1.13. The van der Waals surface area contributed by atoms with Crippen molar-refractivity contribution in [2.75, 3.05) is 0 Å². The summed E-state index contributed by atoms with van der Waals surface area (Å²) in [6, 6.07) is 0. The van der Waals surface area contributed by atoms with Crippen molar-refractivity contribution >= 4 is 55.6 Å². The van der Waals surface area contributed by atoms with Gasteiger partial charge in [0.05, 0.1) is 0 Å². The number of hydrazone groups is 2. The zero-order valence-electron chi connectivity index (χ0n) is 6.84. The van der Waals surface area contributed by atoms with Crippen molar-refractivity contribution in [1.29, 1.82) is 0 Å². The maximum absolute atomic E-state index is 4.09. The summed E-state index contributed by atoms with van der Waals surface area (Å²) in [5.74, 6) is 0. The average Bonchev–Trinajstić information content (AvgIpc) is 2.29. The molecule has 0 aromatic carbocycles. The Balaban J connectivity index is 1.82. The van der Waals surface area contributed by atoms with Crippen LogP contribution in [0.25, 0.3) is 0 Å².